The predicted octanol–water partition coefficient (Wildman–Crippen LogP) is 2.69. The molecule has 2 aromatic rings. The van der Waals surface area contributed by atoms with Crippen LogP contribution in [0.3, 0.4) is 0 Å². The molecule has 3 heterocycles. The lowest BCUT2D eigenvalue weighted by molar-refractivity contribution is -0.118. The van der Waals surface area contributed by atoms with Gasteiger partial charge in [-0.05, 0) is 44.4 Å². The first-order valence-corrected chi connectivity index (χ1v) is 10.9. The minimum atomic E-state index is -0.116. The number of aryl methyl sites for hydroxylation is 1. The van der Waals surface area contributed by atoms with Gasteiger partial charge in [0.1, 0.15) is 6.04 Å². The molecule has 0 aliphatic carbocycles. The molecule has 148 valence electrons. The number of carbonyl (C=O) groups is 2. The maximum Gasteiger partial charge on any atom is 0.251 e. The average molecular weight is 400 g/mol. The van der Waals surface area contributed by atoms with Crippen LogP contribution in [0.15, 0.2) is 24.5 Å². The van der Waals surface area contributed by atoms with Gasteiger partial charge in [-0.1, -0.05) is 0 Å². The Morgan fingerprint density at radius 1 is 1.39 bits per heavy atom. The van der Waals surface area contributed by atoms with Gasteiger partial charge in [0.05, 0.1) is 23.4 Å². The number of aromatic amines is 1. The standard InChI is InChI=1S/C20H25N5O2S/c1-13-16(23-12-22-13)11-28-9-7-21-19(26)14-5-6-17-15(10-14)24-20(27)18-4-2-3-8-25(17)18/h5-6,10,12,18H,2-4,7-9,11H2,1H3,(H,21,26)(H,22,23)(H,24,27). The third-order valence-electron chi connectivity index (χ3n) is 5.34. The molecule has 1 saturated heterocycles. The molecule has 0 spiro atoms. The van der Waals surface area contributed by atoms with Crippen LogP contribution in [0.1, 0.15) is 41.0 Å². The van der Waals surface area contributed by atoms with Crippen molar-refractivity contribution in [1.29, 1.82) is 0 Å². The molecule has 1 aromatic heterocycles. The predicted molar refractivity (Wildman–Crippen MR) is 112 cm³/mol. The number of hydrogen-bond acceptors (Lipinski definition) is 5. The van der Waals surface area contributed by atoms with E-state index >= 15 is 0 Å². The zero-order valence-electron chi connectivity index (χ0n) is 16.0. The Balaban J connectivity index is 1.32. The van der Waals surface area contributed by atoms with E-state index in [1.54, 1.807) is 24.2 Å². The van der Waals surface area contributed by atoms with E-state index in [0.29, 0.717) is 12.1 Å². The number of fused-ring (bicyclic) bond motifs is 3. The topological polar surface area (TPSA) is 90.1 Å². The highest BCUT2D eigenvalue weighted by atomic mass is 32.2. The van der Waals surface area contributed by atoms with Crippen molar-refractivity contribution in [2.45, 2.75) is 38.0 Å². The lowest BCUT2D eigenvalue weighted by atomic mass is 9.97. The van der Waals surface area contributed by atoms with E-state index in [1.165, 1.54) is 0 Å². The summed E-state index contributed by atoms with van der Waals surface area (Å²) in [5, 5.41) is 5.93. The molecule has 0 radical (unpaired) electrons. The SMILES string of the molecule is Cc1[nH]cnc1CSCCNC(=O)c1ccc2c(c1)NC(=O)C1CCCCN21. The largest absolute Gasteiger partial charge is 0.358 e. The van der Waals surface area contributed by atoms with Crippen LogP contribution in [0.5, 0.6) is 0 Å². The molecule has 3 N–H and O–H groups in total. The molecule has 1 fully saturated rings. The number of nitrogens with one attached hydrogen (secondary N) is 3. The highest BCUT2D eigenvalue weighted by Crippen LogP contribution is 2.36. The van der Waals surface area contributed by atoms with Crippen molar-refractivity contribution in [3.05, 3.63) is 41.5 Å². The van der Waals surface area contributed by atoms with Crippen molar-refractivity contribution in [2.75, 3.05) is 29.1 Å². The number of thioether (sulfide) groups is 1. The normalized spacial score (nSPS) is 18.2. The lowest BCUT2D eigenvalue weighted by Crippen LogP contribution is -2.50. The number of amides is 2. The summed E-state index contributed by atoms with van der Waals surface area (Å²) in [4.78, 5) is 34.4. The molecule has 1 aromatic carbocycles. The van der Waals surface area contributed by atoms with E-state index < -0.39 is 0 Å². The minimum absolute atomic E-state index is 0.0369. The monoisotopic (exact) mass is 399 g/mol. The molecule has 0 saturated carbocycles. The van der Waals surface area contributed by atoms with E-state index in [-0.39, 0.29) is 17.9 Å². The van der Waals surface area contributed by atoms with Crippen LogP contribution < -0.4 is 15.5 Å². The van der Waals surface area contributed by atoms with E-state index in [4.69, 9.17) is 0 Å². The van der Waals surface area contributed by atoms with Crippen LogP contribution in [0.2, 0.25) is 0 Å². The van der Waals surface area contributed by atoms with E-state index in [9.17, 15) is 9.59 Å². The van der Waals surface area contributed by atoms with Gasteiger partial charge in [0.25, 0.3) is 5.91 Å². The molecule has 8 heteroatoms. The Bertz CT molecular complexity index is 881. The number of rotatable bonds is 6. The number of H-pyrrole nitrogens is 1. The van der Waals surface area contributed by atoms with Crippen LogP contribution in [0.4, 0.5) is 11.4 Å². The molecular formula is C20H25N5O2S. The third-order valence-corrected chi connectivity index (χ3v) is 6.31. The first-order chi connectivity index (χ1) is 13.6. The fourth-order valence-electron chi connectivity index (χ4n) is 3.78. The summed E-state index contributed by atoms with van der Waals surface area (Å²) < 4.78 is 0. The third kappa shape index (κ3) is 3.87. The quantitative estimate of drug-likeness (QED) is 0.650. The summed E-state index contributed by atoms with van der Waals surface area (Å²) in [5.74, 6) is 1.56. The van der Waals surface area contributed by atoms with Crippen molar-refractivity contribution in [1.82, 2.24) is 15.3 Å². The Morgan fingerprint density at radius 2 is 2.29 bits per heavy atom. The minimum Gasteiger partial charge on any atom is -0.358 e. The number of carbonyl (C=O) groups excluding carboxylic acids is 2. The second kappa shape index (κ2) is 8.26. The van der Waals surface area contributed by atoms with Gasteiger partial charge >= 0.3 is 0 Å². The van der Waals surface area contributed by atoms with Crippen LogP contribution in [0.25, 0.3) is 0 Å². The number of imidazole rings is 1. The maximum atomic E-state index is 12.5. The highest BCUT2D eigenvalue weighted by molar-refractivity contribution is 7.98. The Hall–Kier alpha value is -2.48. The van der Waals surface area contributed by atoms with Crippen molar-refractivity contribution in [3.63, 3.8) is 0 Å². The molecule has 28 heavy (non-hydrogen) atoms. The molecule has 1 unspecified atom stereocenters. The zero-order chi connectivity index (χ0) is 19.5. The van der Waals surface area contributed by atoms with Crippen LogP contribution in [-0.4, -0.2) is 46.7 Å². The van der Waals surface area contributed by atoms with Crippen LogP contribution in [-0.2, 0) is 10.5 Å². The van der Waals surface area contributed by atoms with Gasteiger partial charge in [-0.2, -0.15) is 11.8 Å². The van der Waals surface area contributed by atoms with Crippen molar-refractivity contribution in [3.8, 4) is 0 Å². The molecular weight excluding hydrogens is 374 g/mol. The number of anilines is 2. The smallest absolute Gasteiger partial charge is 0.251 e. The van der Waals surface area contributed by atoms with E-state index in [2.05, 4.69) is 25.5 Å². The number of hydrogen-bond donors (Lipinski definition) is 3. The first kappa shape index (κ1) is 18.9. The van der Waals surface area contributed by atoms with Crippen molar-refractivity contribution in [2.24, 2.45) is 0 Å². The summed E-state index contributed by atoms with van der Waals surface area (Å²) in [5.41, 5.74) is 4.47. The number of aromatic nitrogens is 2. The Morgan fingerprint density at radius 3 is 3.11 bits per heavy atom. The fourth-order valence-corrected chi connectivity index (χ4v) is 4.65. The average Bonchev–Trinajstić information content (AvgIpc) is 3.12. The second-order valence-electron chi connectivity index (χ2n) is 7.21. The molecule has 4 rings (SSSR count). The molecule has 7 nitrogen and oxygen atoms in total. The molecule has 2 aliphatic rings. The van der Waals surface area contributed by atoms with Gasteiger partial charge in [0.15, 0.2) is 0 Å². The Labute approximate surface area is 168 Å². The van der Waals surface area contributed by atoms with Crippen molar-refractivity contribution >= 4 is 35.0 Å². The Kier molecular flexibility index (Phi) is 5.57. The number of nitrogens with zero attached hydrogens (tertiary/aromatic N) is 2. The summed E-state index contributed by atoms with van der Waals surface area (Å²) >= 11 is 1.74. The number of piperidine rings is 1. The zero-order valence-corrected chi connectivity index (χ0v) is 16.8. The van der Waals surface area contributed by atoms with Gasteiger partial charge in [-0.25, -0.2) is 4.98 Å². The first-order valence-electron chi connectivity index (χ1n) is 9.70. The van der Waals surface area contributed by atoms with Gasteiger partial charge < -0.3 is 20.5 Å². The molecule has 0 bridgehead atoms. The second-order valence-corrected chi connectivity index (χ2v) is 8.31. The molecule has 1 atom stereocenters. The van der Waals surface area contributed by atoms with E-state index in [1.807, 2.05) is 19.1 Å². The van der Waals surface area contributed by atoms with Crippen LogP contribution >= 0.6 is 11.8 Å². The van der Waals surface area contributed by atoms with Crippen LogP contribution in [0, 0.1) is 6.92 Å². The fraction of sp³-hybridized carbons (Fsp3) is 0.450. The molecule has 2 aliphatic heterocycles. The van der Waals surface area contributed by atoms with Gasteiger partial charge in [0, 0.05) is 35.9 Å². The summed E-state index contributed by atoms with van der Waals surface area (Å²) in [6.45, 7) is 3.49. The van der Waals surface area contributed by atoms with Crippen molar-refractivity contribution < 1.29 is 9.59 Å². The summed E-state index contributed by atoms with van der Waals surface area (Å²) in [7, 11) is 0. The summed E-state index contributed by atoms with van der Waals surface area (Å²) in [6.07, 6.45) is 4.78. The van der Waals surface area contributed by atoms with Gasteiger partial charge in [-0.15, -0.1) is 0 Å². The lowest BCUT2D eigenvalue weighted by Gasteiger charge is -2.41. The number of benzene rings is 1. The highest BCUT2D eigenvalue weighted by Gasteiger charge is 2.34. The molecule has 2 amide bonds. The van der Waals surface area contributed by atoms with E-state index in [0.717, 1.165) is 60.1 Å². The van der Waals surface area contributed by atoms with Gasteiger partial charge in [0.2, 0.25) is 5.91 Å². The maximum absolute atomic E-state index is 12.5. The van der Waals surface area contributed by atoms with Gasteiger partial charge in [-0.3, -0.25) is 9.59 Å². The summed E-state index contributed by atoms with van der Waals surface area (Å²) in [6, 6.07) is 5.51.